The first kappa shape index (κ1) is 23.2. The Bertz CT molecular complexity index is 1190. The number of hydrogen-bond donors (Lipinski definition) is 1. The smallest absolute Gasteiger partial charge is 0.273 e. The molecule has 166 valence electrons. The van der Waals surface area contributed by atoms with Crippen molar-refractivity contribution >= 4 is 34.8 Å². The molecule has 3 aromatic rings. The lowest BCUT2D eigenvalue weighted by Gasteiger charge is -2.14. The second kappa shape index (κ2) is 10.2. The van der Waals surface area contributed by atoms with Gasteiger partial charge in [0.25, 0.3) is 17.7 Å². The second-order valence-corrected chi connectivity index (χ2v) is 6.65. The van der Waals surface area contributed by atoms with Crippen LogP contribution in [0.3, 0.4) is 0 Å². The van der Waals surface area contributed by atoms with E-state index in [1.165, 1.54) is 38.4 Å². The molecule has 0 aliphatic rings. The number of likely N-dealkylation sites (N-methyl/N-ethyl adjacent to an activating group) is 1. The molecule has 0 fully saturated rings. The molecule has 1 N–H and O–H groups in total. The van der Waals surface area contributed by atoms with Gasteiger partial charge in [-0.2, -0.15) is 14.4 Å². The lowest BCUT2D eigenvalue weighted by Crippen LogP contribution is -2.29. The molecule has 12 heteroatoms. The summed E-state index contributed by atoms with van der Waals surface area (Å²) in [5.74, 6) is -4.06. The molecule has 1 amide bonds. The number of oxime groups is 1. The van der Waals surface area contributed by atoms with Crippen molar-refractivity contribution in [2.75, 3.05) is 14.2 Å². The fraction of sp³-hybridized carbons (Fsp3) is 0.100. The third kappa shape index (κ3) is 4.87. The van der Waals surface area contributed by atoms with E-state index in [0.717, 1.165) is 12.4 Å². The number of nitrogens with one attached hydrogen (secondary N) is 1. The third-order valence-corrected chi connectivity index (χ3v) is 4.69. The molecule has 0 saturated heterocycles. The monoisotopic (exact) mass is 482 g/mol. The van der Waals surface area contributed by atoms with Crippen molar-refractivity contribution in [2.24, 2.45) is 5.16 Å². The van der Waals surface area contributed by atoms with Crippen LogP contribution >= 0.6 is 23.2 Å². The van der Waals surface area contributed by atoms with E-state index in [1.54, 1.807) is 6.07 Å². The molecule has 0 bridgehead atoms. The first-order valence-electron chi connectivity index (χ1n) is 8.79. The highest BCUT2D eigenvalue weighted by Gasteiger charge is 2.25. The maximum atomic E-state index is 15.0. The van der Waals surface area contributed by atoms with Crippen LogP contribution < -0.4 is 14.8 Å². The zero-order chi connectivity index (χ0) is 23.3. The number of hydrogen-bond acceptors (Lipinski definition) is 7. The molecule has 3 rings (SSSR count). The Morgan fingerprint density at radius 1 is 1.03 bits per heavy atom. The summed E-state index contributed by atoms with van der Waals surface area (Å²) in [5.41, 5.74) is -0.799. The van der Waals surface area contributed by atoms with Gasteiger partial charge in [0.05, 0.1) is 10.6 Å². The molecular weight excluding hydrogens is 469 g/mol. The summed E-state index contributed by atoms with van der Waals surface area (Å²) >= 11 is 12.0. The summed E-state index contributed by atoms with van der Waals surface area (Å²) < 4.78 is 40.4. The minimum Gasteiger partial charge on any atom is -0.435 e. The lowest BCUT2D eigenvalue weighted by molar-refractivity contribution is -0.114. The van der Waals surface area contributed by atoms with E-state index in [0.29, 0.717) is 0 Å². The van der Waals surface area contributed by atoms with Crippen molar-refractivity contribution in [2.45, 2.75) is 0 Å². The van der Waals surface area contributed by atoms with E-state index in [2.05, 4.69) is 25.3 Å². The van der Waals surface area contributed by atoms with E-state index in [-0.39, 0.29) is 27.1 Å². The van der Waals surface area contributed by atoms with Crippen molar-refractivity contribution in [1.29, 1.82) is 0 Å². The number of rotatable bonds is 7. The minimum atomic E-state index is -1.11. The van der Waals surface area contributed by atoms with E-state index in [4.69, 9.17) is 32.7 Å². The molecule has 1 aromatic heterocycles. The summed E-state index contributed by atoms with van der Waals surface area (Å²) in [6, 6.07) is 8.19. The van der Waals surface area contributed by atoms with Crippen LogP contribution in [-0.4, -0.2) is 35.7 Å². The van der Waals surface area contributed by atoms with Gasteiger partial charge in [0.2, 0.25) is 5.82 Å². The fourth-order valence-corrected chi connectivity index (χ4v) is 2.81. The van der Waals surface area contributed by atoms with Crippen LogP contribution in [0.1, 0.15) is 5.56 Å². The first-order valence-corrected chi connectivity index (χ1v) is 9.55. The molecule has 1 heterocycles. The number of ether oxygens (including phenoxy) is 2. The second-order valence-electron chi connectivity index (χ2n) is 5.87. The topological polar surface area (TPSA) is 94.9 Å². The van der Waals surface area contributed by atoms with Crippen molar-refractivity contribution in [3.05, 3.63) is 70.0 Å². The molecule has 2 aromatic carbocycles. The number of halogens is 4. The van der Waals surface area contributed by atoms with Crippen LogP contribution in [0.15, 0.2) is 47.9 Å². The molecule has 32 heavy (non-hydrogen) atoms. The van der Waals surface area contributed by atoms with Gasteiger partial charge >= 0.3 is 0 Å². The maximum Gasteiger partial charge on any atom is 0.273 e. The standard InChI is InChI=1S/C20H14Cl2F2N4O4/c1-25-18(29)17(28-30-2)14-11(23)6-4-7-12(14)31-19-16(24)20(27-9-26-19)32-13-8-3-5-10(21)15(13)22/h3-9H,1-2H3,(H,25,29)/b28-17+. The molecule has 0 spiro atoms. The van der Waals surface area contributed by atoms with Crippen LogP contribution in [0.25, 0.3) is 0 Å². The summed E-state index contributed by atoms with van der Waals surface area (Å²) in [6.45, 7) is 0. The van der Waals surface area contributed by atoms with Crippen LogP contribution in [0, 0.1) is 11.6 Å². The van der Waals surface area contributed by atoms with Gasteiger partial charge in [0.15, 0.2) is 5.71 Å². The van der Waals surface area contributed by atoms with Crippen molar-refractivity contribution < 1.29 is 27.9 Å². The van der Waals surface area contributed by atoms with Gasteiger partial charge in [0.1, 0.15) is 35.8 Å². The maximum absolute atomic E-state index is 15.0. The number of carbonyl (C=O) groups is 1. The molecule has 0 unspecified atom stereocenters. The van der Waals surface area contributed by atoms with E-state index in [9.17, 15) is 9.18 Å². The van der Waals surface area contributed by atoms with E-state index < -0.39 is 35.0 Å². The van der Waals surface area contributed by atoms with E-state index in [1.807, 2.05) is 0 Å². The van der Waals surface area contributed by atoms with Gasteiger partial charge < -0.3 is 19.6 Å². The Labute approximate surface area is 190 Å². The van der Waals surface area contributed by atoms with Gasteiger partial charge in [-0.15, -0.1) is 0 Å². The lowest BCUT2D eigenvalue weighted by atomic mass is 10.1. The molecule has 0 atom stereocenters. The first-order chi connectivity index (χ1) is 15.4. The Morgan fingerprint density at radius 3 is 2.31 bits per heavy atom. The molecule has 8 nitrogen and oxygen atoms in total. The summed E-state index contributed by atoms with van der Waals surface area (Å²) in [6.07, 6.45) is 0.966. The average Bonchev–Trinajstić information content (AvgIpc) is 2.78. The molecule has 0 aliphatic carbocycles. The minimum absolute atomic E-state index is 0.0447. The van der Waals surface area contributed by atoms with Crippen molar-refractivity contribution in [1.82, 2.24) is 15.3 Å². The van der Waals surface area contributed by atoms with E-state index >= 15 is 4.39 Å². The van der Waals surface area contributed by atoms with Crippen molar-refractivity contribution in [3.63, 3.8) is 0 Å². The number of nitrogens with zero attached hydrogens (tertiary/aromatic N) is 3. The predicted molar refractivity (Wildman–Crippen MR) is 113 cm³/mol. The number of amides is 1. The van der Waals surface area contributed by atoms with Gasteiger partial charge in [0, 0.05) is 7.05 Å². The molecular formula is C20H14Cl2F2N4O4. The normalized spacial score (nSPS) is 11.1. The SMILES string of the molecule is CNC(=O)/C(=N/OC)c1c(F)cccc1Oc1ncnc(Oc2cccc(Cl)c2Cl)c1F. The van der Waals surface area contributed by atoms with Crippen LogP contribution in [0.2, 0.25) is 10.0 Å². The van der Waals surface area contributed by atoms with Crippen LogP contribution in [0.4, 0.5) is 8.78 Å². The number of aromatic nitrogens is 2. The summed E-state index contributed by atoms with van der Waals surface area (Å²) in [4.78, 5) is 24.2. The van der Waals surface area contributed by atoms with Gasteiger partial charge in [-0.25, -0.2) is 4.39 Å². The Balaban J connectivity index is 2.01. The summed E-state index contributed by atoms with van der Waals surface area (Å²) in [7, 11) is 2.50. The van der Waals surface area contributed by atoms with Gasteiger partial charge in [-0.1, -0.05) is 40.5 Å². The fourth-order valence-electron chi connectivity index (χ4n) is 2.48. The molecule has 0 aliphatic heterocycles. The summed E-state index contributed by atoms with van der Waals surface area (Å²) in [5, 5.41) is 6.10. The van der Waals surface area contributed by atoms with Crippen LogP contribution in [-0.2, 0) is 9.63 Å². The Hall–Kier alpha value is -3.50. The highest BCUT2D eigenvalue weighted by atomic mass is 35.5. The van der Waals surface area contributed by atoms with Gasteiger partial charge in [-0.05, 0) is 24.3 Å². The Morgan fingerprint density at radius 2 is 1.66 bits per heavy atom. The molecule has 0 saturated carbocycles. The van der Waals surface area contributed by atoms with Gasteiger partial charge in [-0.3, -0.25) is 4.79 Å². The number of benzene rings is 2. The predicted octanol–water partition coefficient (Wildman–Crippen LogP) is 4.74. The quantitative estimate of drug-likeness (QED) is 0.385. The largest absolute Gasteiger partial charge is 0.435 e. The highest BCUT2D eigenvalue weighted by Crippen LogP contribution is 2.36. The third-order valence-electron chi connectivity index (χ3n) is 3.89. The zero-order valence-corrected chi connectivity index (χ0v) is 18.0. The highest BCUT2D eigenvalue weighted by molar-refractivity contribution is 6.45. The Kier molecular flexibility index (Phi) is 7.39. The zero-order valence-electron chi connectivity index (χ0n) is 16.5. The van der Waals surface area contributed by atoms with Crippen LogP contribution in [0.5, 0.6) is 23.3 Å². The van der Waals surface area contributed by atoms with Crippen molar-refractivity contribution in [3.8, 4) is 23.3 Å². The average molecular weight is 483 g/mol. The number of carbonyl (C=O) groups excluding carboxylic acids is 1. The molecule has 0 radical (unpaired) electrons.